The van der Waals surface area contributed by atoms with Crippen molar-refractivity contribution >= 4 is 0 Å². The molecule has 4 rings (SSSR count). The zero-order valence-corrected chi connectivity index (χ0v) is 10.2. The van der Waals surface area contributed by atoms with Gasteiger partial charge in [0.1, 0.15) is 0 Å². The highest BCUT2D eigenvalue weighted by Crippen LogP contribution is 2.27. The minimum Gasteiger partial charge on any atom is -0.378 e. The summed E-state index contributed by atoms with van der Waals surface area (Å²) in [6.07, 6.45) is 7.14. The van der Waals surface area contributed by atoms with Crippen molar-refractivity contribution < 1.29 is 4.74 Å². The van der Waals surface area contributed by atoms with Crippen LogP contribution in [0.15, 0.2) is 0 Å². The molecular weight excluding hydrogens is 200 g/mol. The molecule has 0 aromatic heterocycles. The number of hydrogen-bond acceptors (Lipinski definition) is 3. The summed E-state index contributed by atoms with van der Waals surface area (Å²) >= 11 is 0. The molecule has 0 saturated carbocycles. The van der Waals surface area contributed by atoms with Crippen molar-refractivity contribution in [2.45, 2.75) is 44.2 Å². The maximum Gasteiger partial charge on any atom is 0.0588 e. The molecule has 0 amide bonds. The van der Waals surface area contributed by atoms with Gasteiger partial charge in [-0.15, -0.1) is 0 Å². The molecule has 2 atom stereocenters. The van der Waals surface area contributed by atoms with E-state index in [4.69, 9.17) is 4.74 Å². The van der Waals surface area contributed by atoms with E-state index in [0.29, 0.717) is 6.10 Å². The number of piperidine rings is 3. The summed E-state index contributed by atoms with van der Waals surface area (Å²) < 4.78 is 5.65. The van der Waals surface area contributed by atoms with Gasteiger partial charge >= 0.3 is 0 Å². The van der Waals surface area contributed by atoms with Gasteiger partial charge < -0.3 is 15.0 Å². The lowest BCUT2D eigenvalue weighted by Gasteiger charge is -2.45. The van der Waals surface area contributed by atoms with Gasteiger partial charge in [-0.1, -0.05) is 0 Å². The molecule has 3 heteroatoms. The van der Waals surface area contributed by atoms with E-state index in [1.165, 1.54) is 51.7 Å². The van der Waals surface area contributed by atoms with Gasteiger partial charge in [0, 0.05) is 19.2 Å². The Kier molecular flexibility index (Phi) is 3.46. The molecule has 0 radical (unpaired) electrons. The molecule has 4 fully saturated rings. The Morgan fingerprint density at radius 1 is 1.19 bits per heavy atom. The standard InChI is InChI=1S/C13H24N2O/c1-2-12(16-9-1)3-6-14-13-10-15-7-4-11(13)5-8-15/h11-14H,1-10H2. The second kappa shape index (κ2) is 5.03. The first-order valence-electron chi connectivity index (χ1n) is 6.99. The highest BCUT2D eigenvalue weighted by molar-refractivity contribution is 4.90. The third kappa shape index (κ3) is 2.41. The van der Waals surface area contributed by atoms with Crippen LogP contribution in [0.5, 0.6) is 0 Å². The van der Waals surface area contributed by atoms with Crippen molar-refractivity contribution in [2.24, 2.45) is 5.92 Å². The van der Waals surface area contributed by atoms with Gasteiger partial charge in [0.05, 0.1) is 6.10 Å². The number of rotatable bonds is 4. The highest BCUT2D eigenvalue weighted by Gasteiger charge is 2.33. The Morgan fingerprint density at radius 2 is 2.06 bits per heavy atom. The van der Waals surface area contributed by atoms with E-state index < -0.39 is 0 Å². The van der Waals surface area contributed by atoms with Crippen LogP contribution in [0, 0.1) is 5.92 Å². The summed E-state index contributed by atoms with van der Waals surface area (Å²) in [5.74, 6) is 0.953. The van der Waals surface area contributed by atoms with Crippen molar-refractivity contribution in [2.75, 3.05) is 32.8 Å². The van der Waals surface area contributed by atoms with Gasteiger partial charge in [0.15, 0.2) is 0 Å². The van der Waals surface area contributed by atoms with Crippen molar-refractivity contribution in [3.8, 4) is 0 Å². The Hall–Kier alpha value is -0.120. The lowest BCUT2D eigenvalue weighted by molar-refractivity contribution is 0.0664. The molecule has 2 unspecified atom stereocenters. The van der Waals surface area contributed by atoms with E-state index in [1.54, 1.807) is 0 Å². The van der Waals surface area contributed by atoms with E-state index in [1.807, 2.05) is 0 Å². The second-order valence-electron chi connectivity index (χ2n) is 5.62. The molecule has 0 aliphatic carbocycles. The Bertz CT molecular complexity index is 220. The van der Waals surface area contributed by atoms with Crippen molar-refractivity contribution in [1.82, 2.24) is 10.2 Å². The van der Waals surface area contributed by atoms with E-state index in [-0.39, 0.29) is 0 Å². The number of fused-ring (bicyclic) bond motifs is 3. The number of nitrogens with zero attached hydrogens (tertiary/aromatic N) is 1. The van der Waals surface area contributed by atoms with Crippen molar-refractivity contribution in [3.05, 3.63) is 0 Å². The average Bonchev–Trinajstić information content (AvgIpc) is 2.84. The largest absolute Gasteiger partial charge is 0.378 e. The monoisotopic (exact) mass is 224 g/mol. The molecule has 0 aromatic carbocycles. The normalized spacial score (nSPS) is 42.8. The van der Waals surface area contributed by atoms with Crippen molar-refractivity contribution in [3.63, 3.8) is 0 Å². The number of nitrogens with one attached hydrogen (secondary N) is 1. The average molecular weight is 224 g/mol. The van der Waals surface area contributed by atoms with Crippen LogP contribution in [0.25, 0.3) is 0 Å². The molecule has 16 heavy (non-hydrogen) atoms. The Labute approximate surface area is 98.5 Å². The molecule has 3 nitrogen and oxygen atoms in total. The summed E-state index contributed by atoms with van der Waals surface area (Å²) in [5.41, 5.74) is 0. The van der Waals surface area contributed by atoms with Gasteiger partial charge in [-0.05, 0) is 57.7 Å². The van der Waals surface area contributed by atoms with E-state index in [0.717, 1.165) is 25.1 Å². The third-order valence-corrected chi connectivity index (χ3v) is 4.55. The smallest absolute Gasteiger partial charge is 0.0588 e. The minimum absolute atomic E-state index is 0.550. The molecule has 92 valence electrons. The molecule has 4 aliphatic rings. The van der Waals surface area contributed by atoms with Crippen LogP contribution in [0.2, 0.25) is 0 Å². The maximum absolute atomic E-state index is 5.65. The van der Waals surface area contributed by atoms with E-state index in [2.05, 4.69) is 10.2 Å². The number of hydrogen-bond donors (Lipinski definition) is 1. The van der Waals surface area contributed by atoms with Crippen LogP contribution < -0.4 is 5.32 Å². The van der Waals surface area contributed by atoms with Crippen LogP contribution in [0.4, 0.5) is 0 Å². The van der Waals surface area contributed by atoms with Crippen LogP contribution in [0.1, 0.15) is 32.1 Å². The first-order valence-corrected chi connectivity index (χ1v) is 6.99. The van der Waals surface area contributed by atoms with Gasteiger partial charge in [0.2, 0.25) is 0 Å². The Balaban J connectivity index is 1.38. The number of ether oxygens (including phenoxy) is 1. The molecule has 0 spiro atoms. The third-order valence-electron chi connectivity index (χ3n) is 4.55. The molecule has 2 bridgehead atoms. The highest BCUT2D eigenvalue weighted by atomic mass is 16.5. The van der Waals surface area contributed by atoms with Crippen LogP contribution in [-0.4, -0.2) is 49.8 Å². The minimum atomic E-state index is 0.550. The summed E-state index contributed by atoms with van der Waals surface area (Å²) in [6.45, 7) is 6.11. The summed E-state index contributed by atoms with van der Waals surface area (Å²) in [5, 5.41) is 3.76. The topological polar surface area (TPSA) is 24.5 Å². The Morgan fingerprint density at radius 3 is 2.69 bits per heavy atom. The second-order valence-corrected chi connectivity index (χ2v) is 5.62. The summed E-state index contributed by atoms with van der Waals surface area (Å²) in [6, 6.07) is 0.768. The molecule has 4 aliphatic heterocycles. The molecule has 4 heterocycles. The van der Waals surface area contributed by atoms with E-state index in [9.17, 15) is 0 Å². The zero-order valence-electron chi connectivity index (χ0n) is 10.2. The predicted octanol–water partition coefficient (Wildman–Crippen LogP) is 1.24. The predicted molar refractivity (Wildman–Crippen MR) is 64.5 cm³/mol. The van der Waals surface area contributed by atoms with Gasteiger partial charge in [-0.2, -0.15) is 0 Å². The van der Waals surface area contributed by atoms with Gasteiger partial charge in [-0.25, -0.2) is 0 Å². The SMILES string of the molecule is C1COC(CCNC2CN3CCC2CC3)C1. The fourth-order valence-corrected chi connectivity index (χ4v) is 3.50. The first-order chi connectivity index (χ1) is 7.92. The zero-order chi connectivity index (χ0) is 10.8. The molecule has 4 saturated heterocycles. The van der Waals surface area contributed by atoms with Crippen molar-refractivity contribution in [1.29, 1.82) is 0 Å². The van der Waals surface area contributed by atoms with E-state index >= 15 is 0 Å². The molecule has 1 N–H and O–H groups in total. The lowest BCUT2D eigenvalue weighted by atomic mass is 9.84. The molecule has 0 aromatic rings. The van der Waals surface area contributed by atoms with Crippen LogP contribution >= 0.6 is 0 Å². The fraction of sp³-hybridized carbons (Fsp3) is 1.00. The summed E-state index contributed by atoms with van der Waals surface area (Å²) in [7, 11) is 0. The maximum atomic E-state index is 5.65. The fourth-order valence-electron chi connectivity index (χ4n) is 3.50. The van der Waals surface area contributed by atoms with Gasteiger partial charge in [-0.3, -0.25) is 0 Å². The van der Waals surface area contributed by atoms with Crippen LogP contribution in [-0.2, 0) is 4.74 Å². The van der Waals surface area contributed by atoms with Crippen LogP contribution in [0.3, 0.4) is 0 Å². The quantitative estimate of drug-likeness (QED) is 0.777. The summed E-state index contributed by atoms with van der Waals surface area (Å²) in [4.78, 5) is 2.61. The lowest BCUT2D eigenvalue weighted by Crippen LogP contribution is -2.56. The van der Waals surface area contributed by atoms with Gasteiger partial charge in [0.25, 0.3) is 0 Å². The first kappa shape index (κ1) is 11.0. The molecular formula is C13H24N2O.